The van der Waals surface area contributed by atoms with Crippen molar-refractivity contribution in [2.24, 2.45) is 0 Å². The van der Waals surface area contributed by atoms with Crippen LogP contribution in [0.2, 0.25) is 0 Å². The first-order valence-corrected chi connectivity index (χ1v) is 8.17. The van der Waals surface area contributed by atoms with Gasteiger partial charge in [0.15, 0.2) is 5.13 Å². The molecule has 1 heterocycles. The highest BCUT2D eigenvalue weighted by atomic mass is 32.1. The average Bonchev–Trinajstić information content (AvgIpc) is 2.90. The van der Waals surface area contributed by atoms with E-state index in [1.807, 2.05) is 6.07 Å². The molecule has 0 aliphatic heterocycles. The minimum absolute atomic E-state index is 0.0427. The monoisotopic (exact) mass is 304 g/mol. The first-order chi connectivity index (χ1) is 9.95. The van der Waals surface area contributed by atoms with E-state index in [1.54, 1.807) is 11.3 Å². The molecule has 1 N–H and O–H groups in total. The topological polar surface area (TPSA) is 36.4 Å². The smallest absolute Gasteiger partial charge is 0.186 e. The minimum Gasteiger partial charge on any atom is -0.391 e. The summed E-state index contributed by atoms with van der Waals surface area (Å²) in [5.74, 6) is 0. The molecule has 0 saturated heterocycles. The first kappa shape index (κ1) is 16.0. The zero-order valence-electron chi connectivity index (χ0n) is 13.3. The minimum atomic E-state index is -0.0427. The van der Waals surface area contributed by atoms with E-state index in [4.69, 9.17) is 4.98 Å². The molecule has 0 aliphatic rings. The fourth-order valence-corrected chi connectivity index (χ4v) is 3.48. The summed E-state index contributed by atoms with van der Waals surface area (Å²) in [5, 5.41) is 10.6. The van der Waals surface area contributed by atoms with Crippen molar-refractivity contribution in [3.63, 3.8) is 0 Å². The van der Waals surface area contributed by atoms with Crippen LogP contribution in [0.1, 0.15) is 43.8 Å². The van der Waals surface area contributed by atoms with E-state index in [2.05, 4.69) is 56.9 Å². The Kier molecular flexibility index (Phi) is 5.01. The van der Waals surface area contributed by atoms with Crippen LogP contribution in [0.5, 0.6) is 0 Å². The van der Waals surface area contributed by atoms with Crippen LogP contribution in [-0.2, 0) is 18.6 Å². The Balaban J connectivity index is 2.28. The van der Waals surface area contributed by atoms with E-state index in [0.29, 0.717) is 0 Å². The molecule has 0 aliphatic carbocycles. The Bertz CT molecular complexity index is 572. The summed E-state index contributed by atoms with van der Waals surface area (Å²) in [5.41, 5.74) is 2.24. The molecule has 0 radical (unpaired) electrons. The molecule has 1 aromatic carbocycles. The number of aliphatic hydroxyl groups is 1. The molecule has 0 atom stereocenters. The Morgan fingerprint density at radius 2 is 1.86 bits per heavy atom. The molecule has 0 spiro atoms. The number of hydrogen-bond acceptors (Lipinski definition) is 4. The Labute approximate surface area is 131 Å². The van der Waals surface area contributed by atoms with Gasteiger partial charge in [-0.1, -0.05) is 62.4 Å². The van der Waals surface area contributed by atoms with Crippen LogP contribution in [0.4, 0.5) is 5.13 Å². The number of nitrogens with zero attached hydrogens (tertiary/aromatic N) is 2. The summed E-state index contributed by atoms with van der Waals surface area (Å²) < 4.78 is 0. The second kappa shape index (κ2) is 6.58. The number of anilines is 1. The normalized spacial score (nSPS) is 11.7. The van der Waals surface area contributed by atoms with E-state index < -0.39 is 0 Å². The number of aromatic nitrogens is 1. The van der Waals surface area contributed by atoms with Crippen LogP contribution in [0.3, 0.4) is 0 Å². The van der Waals surface area contributed by atoms with Crippen molar-refractivity contribution >= 4 is 16.5 Å². The van der Waals surface area contributed by atoms with Crippen molar-refractivity contribution in [1.82, 2.24) is 4.98 Å². The highest BCUT2D eigenvalue weighted by Gasteiger charge is 2.24. The zero-order chi connectivity index (χ0) is 15.5. The van der Waals surface area contributed by atoms with Gasteiger partial charge in [0.1, 0.15) is 0 Å². The summed E-state index contributed by atoms with van der Waals surface area (Å²) in [6.07, 6.45) is 0. The first-order valence-electron chi connectivity index (χ1n) is 7.35. The van der Waals surface area contributed by atoms with Gasteiger partial charge in [-0.05, 0) is 12.5 Å². The lowest BCUT2D eigenvalue weighted by Crippen LogP contribution is -2.22. The van der Waals surface area contributed by atoms with Crippen LogP contribution in [0.25, 0.3) is 0 Å². The van der Waals surface area contributed by atoms with Gasteiger partial charge in [0, 0.05) is 18.5 Å². The molecule has 0 fully saturated rings. The molecule has 2 aromatic rings. The standard InChI is InChI=1S/C17H24N2OS/c1-5-19(11-13-9-7-6-8-10-13)16-18-15(17(2,3)4)14(12-20)21-16/h6-10,20H,5,11-12H2,1-4H3. The van der Waals surface area contributed by atoms with Gasteiger partial charge in [-0.25, -0.2) is 4.98 Å². The third kappa shape index (κ3) is 3.83. The van der Waals surface area contributed by atoms with E-state index in [9.17, 15) is 5.11 Å². The number of benzene rings is 1. The number of thiazole rings is 1. The molecule has 114 valence electrons. The van der Waals surface area contributed by atoms with Gasteiger partial charge in [0.05, 0.1) is 17.2 Å². The fraction of sp³-hybridized carbons (Fsp3) is 0.471. The molecule has 0 unspecified atom stereocenters. The molecular weight excluding hydrogens is 280 g/mol. The average molecular weight is 304 g/mol. The fourth-order valence-electron chi connectivity index (χ4n) is 2.29. The van der Waals surface area contributed by atoms with Gasteiger partial charge < -0.3 is 10.0 Å². The molecule has 0 saturated carbocycles. The number of hydrogen-bond donors (Lipinski definition) is 1. The molecule has 0 amide bonds. The van der Waals surface area contributed by atoms with Crippen molar-refractivity contribution in [2.45, 2.75) is 46.3 Å². The van der Waals surface area contributed by atoms with Gasteiger partial charge >= 0.3 is 0 Å². The van der Waals surface area contributed by atoms with Crippen LogP contribution in [0, 0.1) is 0 Å². The summed E-state index contributed by atoms with van der Waals surface area (Å²) in [4.78, 5) is 8.04. The van der Waals surface area contributed by atoms with Gasteiger partial charge in [0.25, 0.3) is 0 Å². The number of rotatable bonds is 5. The molecule has 0 bridgehead atoms. The van der Waals surface area contributed by atoms with Crippen LogP contribution < -0.4 is 4.90 Å². The molecule has 4 heteroatoms. The second-order valence-corrected chi connectivity index (χ2v) is 7.24. The van der Waals surface area contributed by atoms with Crippen LogP contribution in [0.15, 0.2) is 30.3 Å². The van der Waals surface area contributed by atoms with E-state index in [1.165, 1.54) is 5.56 Å². The van der Waals surface area contributed by atoms with Crippen molar-refractivity contribution in [3.05, 3.63) is 46.5 Å². The highest BCUT2D eigenvalue weighted by molar-refractivity contribution is 7.15. The third-order valence-corrected chi connectivity index (χ3v) is 4.51. The van der Waals surface area contributed by atoms with Crippen LogP contribution in [-0.4, -0.2) is 16.6 Å². The maximum atomic E-state index is 9.59. The molecule has 1 aromatic heterocycles. The van der Waals surface area contributed by atoms with Crippen molar-refractivity contribution < 1.29 is 5.11 Å². The molecule has 3 nitrogen and oxygen atoms in total. The summed E-state index contributed by atoms with van der Waals surface area (Å²) in [6.45, 7) is 10.4. The van der Waals surface area contributed by atoms with Crippen molar-refractivity contribution in [1.29, 1.82) is 0 Å². The lowest BCUT2D eigenvalue weighted by molar-refractivity contribution is 0.282. The molecule has 2 rings (SSSR count). The largest absolute Gasteiger partial charge is 0.391 e. The lowest BCUT2D eigenvalue weighted by Gasteiger charge is -2.20. The number of aliphatic hydroxyl groups excluding tert-OH is 1. The summed E-state index contributed by atoms with van der Waals surface area (Å²) in [6, 6.07) is 10.4. The Hall–Kier alpha value is -1.39. The van der Waals surface area contributed by atoms with Crippen LogP contribution >= 0.6 is 11.3 Å². The second-order valence-electron chi connectivity index (χ2n) is 6.18. The Morgan fingerprint density at radius 1 is 1.19 bits per heavy atom. The van der Waals surface area contributed by atoms with Gasteiger partial charge in [0.2, 0.25) is 0 Å². The van der Waals surface area contributed by atoms with E-state index >= 15 is 0 Å². The van der Waals surface area contributed by atoms with Gasteiger partial charge in [-0.15, -0.1) is 0 Å². The van der Waals surface area contributed by atoms with Crippen molar-refractivity contribution in [3.8, 4) is 0 Å². The Morgan fingerprint density at radius 3 is 2.33 bits per heavy atom. The molecule has 21 heavy (non-hydrogen) atoms. The van der Waals surface area contributed by atoms with E-state index in [0.717, 1.165) is 28.8 Å². The highest BCUT2D eigenvalue weighted by Crippen LogP contribution is 2.34. The maximum absolute atomic E-state index is 9.59. The summed E-state index contributed by atoms with van der Waals surface area (Å²) >= 11 is 1.60. The predicted octanol–water partition coefficient (Wildman–Crippen LogP) is 3.96. The predicted molar refractivity (Wildman–Crippen MR) is 89.9 cm³/mol. The quantitative estimate of drug-likeness (QED) is 0.908. The molecular formula is C17H24N2OS. The SMILES string of the molecule is CCN(Cc1ccccc1)c1nc(C(C)(C)C)c(CO)s1. The third-order valence-electron chi connectivity index (χ3n) is 3.41. The zero-order valence-corrected chi connectivity index (χ0v) is 14.1. The summed E-state index contributed by atoms with van der Waals surface area (Å²) in [7, 11) is 0. The van der Waals surface area contributed by atoms with Gasteiger partial charge in [-0.3, -0.25) is 0 Å². The lowest BCUT2D eigenvalue weighted by atomic mass is 9.91. The van der Waals surface area contributed by atoms with Gasteiger partial charge in [-0.2, -0.15) is 0 Å². The van der Waals surface area contributed by atoms with E-state index in [-0.39, 0.29) is 12.0 Å². The van der Waals surface area contributed by atoms with Crippen molar-refractivity contribution in [2.75, 3.05) is 11.4 Å². The maximum Gasteiger partial charge on any atom is 0.186 e.